The van der Waals surface area contributed by atoms with Crippen LogP contribution in [0.5, 0.6) is 5.75 Å². The molecule has 5 heteroatoms. The van der Waals surface area contributed by atoms with Crippen molar-refractivity contribution >= 4 is 11.9 Å². The highest BCUT2D eigenvalue weighted by Gasteiger charge is 2.34. The van der Waals surface area contributed by atoms with Crippen LogP contribution in [-0.4, -0.2) is 42.1 Å². The van der Waals surface area contributed by atoms with Crippen LogP contribution in [0.1, 0.15) is 43.1 Å². The highest BCUT2D eigenvalue weighted by molar-refractivity contribution is 6.00. The Kier molecular flexibility index (Phi) is 4.04. The van der Waals surface area contributed by atoms with E-state index in [1.54, 1.807) is 4.90 Å². The normalized spacial score (nSPS) is 17.7. The van der Waals surface area contributed by atoms with Crippen molar-refractivity contribution in [1.29, 1.82) is 0 Å². The summed E-state index contributed by atoms with van der Waals surface area (Å²) in [6.07, 6.45) is 1.17. The number of aryl methyl sites for hydroxylation is 1. The molecule has 1 aromatic rings. The molecule has 23 heavy (non-hydrogen) atoms. The van der Waals surface area contributed by atoms with Crippen molar-refractivity contribution in [3.8, 4) is 5.75 Å². The SMILES string of the molecule is CC(C)(C)OC(=O)N1CC(COc2ccc3c(c2)C(=O)CC3)C1. The number of hydrogen-bond acceptors (Lipinski definition) is 4. The zero-order chi connectivity index (χ0) is 16.6. The second-order valence-corrected chi connectivity index (χ2v) is 7.30. The van der Waals surface area contributed by atoms with Gasteiger partial charge in [0.2, 0.25) is 0 Å². The predicted molar refractivity (Wildman–Crippen MR) is 85.9 cm³/mol. The number of rotatable bonds is 3. The van der Waals surface area contributed by atoms with Crippen LogP contribution in [0.15, 0.2) is 18.2 Å². The average molecular weight is 317 g/mol. The van der Waals surface area contributed by atoms with Crippen LogP contribution in [0.4, 0.5) is 4.79 Å². The van der Waals surface area contributed by atoms with E-state index in [2.05, 4.69) is 0 Å². The molecule has 0 spiro atoms. The standard InChI is InChI=1S/C18H23NO4/c1-18(2,3)23-17(21)19-9-12(10-19)11-22-14-6-4-13-5-7-16(20)15(13)8-14/h4,6,8,12H,5,7,9-11H2,1-3H3. The molecule has 1 saturated heterocycles. The molecule has 0 atom stereocenters. The quantitative estimate of drug-likeness (QED) is 0.860. The van der Waals surface area contributed by atoms with Crippen LogP contribution >= 0.6 is 0 Å². The molecule has 0 N–H and O–H groups in total. The molecule has 124 valence electrons. The molecule has 3 rings (SSSR count). The summed E-state index contributed by atoms with van der Waals surface area (Å²) in [5.41, 5.74) is 1.45. The summed E-state index contributed by atoms with van der Waals surface area (Å²) in [6, 6.07) is 5.74. The van der Waals surface area contributed by atoms with Gasteiger partial charge < -0.3 is 14.4 Å². The first-order valence-electron chi connectivity index (χ1n) is 8.09. The van der Waals surface area contributed by atoms with Gasteiger partial charge in [0.1, 0.15) is 11.4 Å². The summed E-state index contributed by atoms with van der Waals surface area (Å²) in [5, 5.41) is 0. The van der Waals surface area contributed by atoms with E-state index < -0.39 is 5.60 Å². The third-order valence-corrected chi connectivity index (χ3v) is 4.10. The molecule has 0 bridgehead atoms. The summed E-state index contributed by atoms with van der Waals surface area (Å²) in [7, 11) is 0. The minimum Gasteiger partial charge on any atom is -0.493 e. The van der Waals surface area contributed by atoms with E-state index in [1.165, 1.54) is 0 Å². The van der Waals surface area contributed by atoms with E-state index >= 15 is 0 Å². The van der Waals surface area contributed by atoms with Crippen molar-refractivity contribution < 1.29 is 19.1 Å². The first-order chi connectivity index (χ1) is 10.8. The third kappa shape index (κ3) is 3.66. The van der Waals surface area contributed by atoms with Crippen molar-refractivity contribution in [2.75, 3.05) is 19.7 Å². The highest BCUT2D eigenvalue weighted by Crippen LogP contribution is 2.27. The topological polar surface area (TPSA) is 55.8 Å². The summed E-state index contributed by atoms with van der Waals surface area (Å²) in [4.78, 5) is 25.3. The van der Waals surface area contributed by atoms with Gasteiger partial charge in [-0.3, -0.25) is 4.79 Å². The number of carbonyl (C=O) groups excluding carboxylic acids is 2. The lowest BCUT2D eigenvalue weighted by atomic mass is 10.0. The van der Waals surface area contributed by atoms with Gasteiger partial charge in [-0.15, -0.1) is 0 Å². The van der Waals surface area contributed by atoms with Crippen molar-refractivity contribution in [3.05, 3.63) is 29.3 Å². The van der Waals surface area contributed by atoms with Crippen molar-refractivity contribution in [2.45, 2.75) is 39.2 Å². The van der Waals surface area contributed by atoms with Gasteiger partial charge in [-0.25, -0.2) is 4.79 Å². The fraction of sp³-hybridized carbons (Fsp3) is 0.556. The Hall–Kier alpha value is -2.04. The first-order valence-corrected chi connectivity index (χ1v) is 8.09. The van der Waals surface area contributed by atoms with E-state index in [-0.39, 0.29) is 11.9 Å². The zero-order valence-corrected chi connectivity index (χ0v) is 13.9. The summed E-state index contributed by atoms with van der Waals surface area (Å²) in [6.45, 7) is 7.44. The van der Waals surface area contributed by atoms with Crippen LogP contribution in [0.25, 0.3) is 0 Å². The fourth-order valence-electron chi connectivity index (χ4n) is 2.87. The van der Waals surface area contributed by atoms with Crippen LogP contribution in [0.2, 0.25) is 0 Å². The van der Waals surface area contributed by atoms with Crippen LogP contribution in [0, 0.1) is 5.92 Å². The number of fused-ring (bicyclic) bond motifs is 1. The second-order valence-electron chi connectivity index (χ2n) is 7.30. The van der Waals surface area contributed by atoms with Crippen LogP contribution in [-0.2, 0) is 11.2 Å². The van der Waals surface area contributed by atoms with Crippen molar-refractivity contribution in [1.82, 2.24) is 4.90 Å². The maximum Gasteiger partial charge on any atom is 0.410 e. The molecule has 1 aromatic carbocycles. The first kappa shape index (κ1) is 15.8. The minimum absolute atomic E-state index is 0.199. The summed E-state index contributed by atoms with van der Waals surface area (Å²) < 4.78 is 11.1. The van der Waals surface area contributed by atoms with Gasteiger partial charge in [0, 0.05) is 31.0 Å². The van der Waals surface area contributed by atoms with Crippen LogP contribution < -0.4 is 4.74 Å². The molecule has 0 radical (unpaired) electrons. The van der Waals surface area contributed by atoms with E-state index in [0.717, 1.165) is 23.3 Å². The van der Waals surface area contributed by atoms with Crippen LogP contribution in [0.3, 0.4) is 0 Å². The van der Waals surface area contributed by atoms with Gasteiger partial charge >= 0.3 is 6.09 Å². The third-order valence-electron chi connectivity index (χ3n) is 4.10. The van der Waals surface area contributed by atoms with E-state index in [4.69, 9.17) is 9.47 Å². The number of benzene rings is 1. The molecule has 1 aliphatic carbocycles. The molecular formula is C18H23NO4. The van der Waals surface area contributed by atoms with Crippen molar-refractivity contribution in [2.24, 2.45) is 5.92 Å². The number of Topliss-reactive ketones (excluding diaryl/α,β-unsaturated/α-hetero) is 1. The van der Waals surface area contributed by atoms with Gasteiger partial charge in [0.25, 0.3) is 0 Å². The Morgan fingerprint density at radius 1 is 1.26 bits per heavy atom. The number of likely N-dealkylation sites (tertiary alicyclic amines) is 1. The molecule has 1 amide bonds. The lowest BCUT2D eigenvalue weighted by Gasteiger charge is -2.39. The number of carbonyl (C=O) groups is 2. The Labute approximate surface area is 136 Å². The smallest absolute Gasteiger partial charge is 0.410 e. The second kappa shape index (κ2) is 5.87. The molecule has 0 unspecified atom stereocenters. The van der Waals surface area contributed by atoms with E-state index in [1.807, 2.05) is 39.0 Å². The van der Waals surface area contributed by atoms with Gasteiger partial charge in [-0.05, 0) is 44.9 Å². The largest absolute Gasteiger partial charge is 0.493 e. The number of nitrogens with zero attached hydrogens (tertiary/aromatic N) is 1. The number of ether oxygens (including phenoxy) is 2. The highest BCUT2D eigenvalue weighted by atomic mass is 16.6. The molecule has 0 saturated carbocycles. The molecular weight excluding hydrogens is 294 g/mol. The van der Waals surface area contributed by atoms with Gasteiger partial charge in [-0.2, -0.15) is 0 Å². The maximum absolute atomic E-state index is 11.9. The lowest BCUT2D eigenvalue weighted by molar-refractivity contribution is -0.00782. The molecule has 5 nitrogen and oxygen atoms in total. The average Bonchev–Trinajstić information content (AvgIpc) is 2.76. The number of hydrogen-bond donors (Lipinski definition) is 0. The lowest BCUT2D eigenvalue weighted by Crippen LogP contribution is -2.53. The number of amides is 1. The fourth-order valence-corrected chi connectivity index (χ4v) is 2.87. The minimum atomic E-state index is -0.463. The maximum atomic E-state index is 11.9. The Morgan fingerprint density at radius 2 is 2.00 bits per heavy atom. The van der Waals surface area contributed by atoms with E-state index in [9.17, 15) is 9.59 Å². The molecule has 1 fully saturated rings. The Balaban J connectivity index is 1.46. The Bertz CT molecular complexity index is 626. The molecule has 0 aromatic heterocycles. The Morgan fingerprint density at radius 3 is 2.70 bits per heavy atom. The van der Waals surface area contributed by atoms with Gasteiger partial charge in [-0.1, -0.05) is 6.07 Å². The van der Waals surface area contributed by atoms with Crippen molar-refractivity contribution in [3.63, 3.8) is 0 Å². The van der Waals surface area contributed by atoms with E-state index in [0.29, 0.717) is 32.0 Å². The molecule has 1 heterocycles. The monoisotopic (exact) mass is 317 g/mol. The van der Waals surface area contributed by atoms with Gasteiger partial charge in [0.05, 0.1) is 6.61 Å². The zero-order valence-electron chi connectivity index (χ0n) is 13.9. The summed E-state index contributed by atoms with van der Waals surface area (Å²) >= 11 is 0. The predicted octanol–water partition coefficient (Wildman–Crippen LogP) is 3.06. The summed E-state index contributed by atoms with van der Waals surface area (Å²) in [5.74, 6) is 1.24. The number of ketones is 1. The molecule has 2 aliphatic rings. The van der Waals surface area contributed by atoms with Gasteiger partial charge in [0.15, 0.2) is 5.78 Å². The molecule has 1 aliphatic heterocycles.